The molecule has 7 nitrogen and oxygen atoms in total. The van der Waals surface area contributed by atoms with Crippen molar-refractivity contribution in [2.24, 2.45) is 0 Å². The predicted octanol–water partition coefficient (Wildman–Crippen LogP) is 1.40. The van der Waals surface area contributed by atoms with Gasteiger partial charge in [-0.25, -0.2) is 0 Å². The van der Waals surface area contributed by atoms with E-state index in [9.17, 15) is 9.90 Å². The Morgan fingerprint density at radius 2 is 1.96 bits per heavy atom. The molecule has 0 fully saturated rings. The van der Waals surface area contributed by atoms with Crippen molar-refractivity contribution in [3.63, 3.8) is 0 Å². The van der Waals surface area contributed by atoms with Gasteiger partial charge in [-0.1, -0.05) is 36.4 Å². The van der Waals surface area contributed by atoms with Crippen LogP contribution in [0.3, 0.4) is 0 Å². The van der Waals surface area contributed by atoms with E-state index in [0.717, 1.165) is 11.1 Å². The first-order chi connectivity index (χ1) is 11.7. The van der Waals surface area contributed by atoms with Gasteiger partial charge in [0.15, 0.2) is 6.33 Å². The van der Waals surface area contributed by atoms with E-state index in [1.165, 1.54) is 11.1 Å². The van der Waals surface area contributed by atoms with Gasteiger partial charge in [0, 0.05) is 6.54 Å². The second kappa shape index (κ2) is 7.36. The highest BCUT2D eigenvalue weighted by Crippen LogP contribution is 2.20. The van der Waals surface area contributed by atoms with Crippen LogP contribution in [-0.2, 0) is 13.0 Å². The fraction of sp³-hybridized carbons (Fsp3) is 0.176. The normalized spacial score (nSPS) is 10.5. The minimum atomic E-state index is -0.331. The number of phenols is 1. The molecule has 122 valence electrons. The highest BCUT2D eigenvalue weighted by molar-refractivity contribution is 5.97. The number of phenolic OH excluding ortho intramolecular Hbond substituents is 1. The summed E-state index contributed by atoms with van der Waals surface area (Å²) < 4.78 is 0. The van der Waals surface area contributed by atoms with E-state index in [1.54, 1.807) is 12.1 Å². The van der Waals surface area contributed by atoms with Crippen LogP contribution in [0.5, 0.6) is 5.75 Å². The number of tetrazole rings is 1. The lowest BCUT2D eigenvalue weighted by Crippen LogP contribution is -2.28. The number of rotatable bonds is 6. The smallest absolute Gasteiger partial charge is 0.255 e. The molecule has 1 heterocycles. The van der Waals surface area contributed by atoms with Crippen LogP contribution in [0.1, 0.15) is 21.5 Å². The average molecular weight is 323 g/mol. The highest BCUT2D eigenvalue weighted by Gasteiger charge is 2.12. The van der Waals surface area contributed by atoms with E-state index in [1.807, 2.05) is 36.4 Å². The van der Waals surface area contributed by atoms with Gasteiger partial charge in [0.05, 0.1) is 12.1 Å². The summed E-state index contributed by atoms with van der Waals surface area (Å²) in [5.41, 5.74) is 2.36. The van der Waals surface area contributed by atoms with Crippen molar-refractivity contribution < 1.29 is 9.90 Å². The van der Waals surface area contributed by atoms with Crippen LogP contribution in [0.2, 0.25) is 0 Å². The van der Waals surface area contributed by atoms with Crippen LogP contribution in [0.15, 0.2) is 54.9 Å². The number of hydrogen-bond donors (Lipinski definition) is 2. The largest absolute Gasteiger partial charge is 0.507 e. The summed E-state index contributed by atoms with van der Waals surface area (Å²) in [6, 6.07) is 15.0. The molecule has 24 heavy (non-hydrogen) atoms. The average Bonchev–Trinajstić information content (AvgIpc) is 3.11. The number of carbonyl (C=O) groups is 1. The highest BCUT2D eigenvalue weighted by atomic mass is 16.3. The topological polar surface area (TPSA) is 92.9 Å². The number of aromatic hydroxyl groups is 1. The van der Waals surface area contributed by atoms with Crippen LogP contribution < -0.4 is 5.32 Å². The van der Waals surface area contributed by atoms with Crippen molar-refractivity contribution in [3.05, 3.63) is 71.5 Å². The zero-order chi connectivity index (χ0) is 16.8. The van der Waals surface area contributed by atoms with E-state index in [-0.39, 0.29) is 17.2 Å². The van der Waals surface area contributed by atoms with Crippen LogP contribution in [-0.4, -0.2) is 37.8 Å². The Hall–Kier alpha value is -3.22. The lowest BCUT2D eigenvalue weighted by atomic mass is 10.0. The Morgan fingerprint density at radius 3 is 2.71 bits per heavy atom. The van der Waals surface area contributed by atoms with Crippen molar-refractivity contribution in [2.45, 2.75) is 13.0 Å². The summed E-state index contributed by atoms with van der Waals surface area (Å²) in [7, 11) is 0. The van der Waals surface area contributed by atoms with E-state index in [4.69, 9.17) is 0 Å². The third-order valence-corrected chi connectivity index (χ3v) is 3.55. The molecule has 2 N–H and O–H groups in total. The van der Waals surface area contributed by atoms with Gasteiger partial charge in [-0.05, 0) is 34.9 Å². The second-order valence-corrected chi connectivity index (χ2v) is 5.30. The lowest BCUT2D eigenvalue weighted by molar-refractivity contribution is 0.0948. The molecule has 3 rings (SSSR count). The Balaban J connectivity index is 1.65. The Bertz CT molecular complexity index is 803. The molecule has 0 aliphatic heterocycles. The zero-order valence-electron chi connectivity index (χ0n) is 13.0. The number of hydrogen-bond acceptors (Lipinski definition) is 5. The first-order valence-electron chi connectivity index (χ1n) is 7.57. The monoisotopic (exact) mass is 323 g/mol. The van der Waals surface area contributed by atoms with Crippen molar-refractivity contribution in [3.8, 4) is 5.75 Å². The van der Waals surface area contributed by atoms with E-state index < -0.39 is 0 Å². The van der Waals surface area contributed by atoms with Crippen LogP contribution in [0.4, 0.5) is 0 Å². The molecule has 0 saturated carbocycles. The number of amides is 1. The Kier molecular flexibility index (Phi) is 4.81. The molecule has 0 saturated heterocycles. The summed E-state index contributed by atoms with van der Waals surface area (Å²) in [5, 5.41) is 23.9. The first-order valence-corrected chi connectivity index (χ1v) is 7.57. The molecular weight excluding hydrogens is 306 g/mol. The lowest BCUT2D eigenvalue weighted by Gasteiger charge is -2.09. The van der Waals surface area contributed by atoms with Crippen LogP contribution in [0, 0.1) is 0 Å². The molecule has 0 radical (unpaired) electrons. The SMILES string of the molecule is O=C(NCCn1ncnn1)c1cc(Cc2ccccc2)ccc1O. The first kappa shape index (κ1) is 15.7. The van der Waals surface area contributed by atoms with Gasteiger partial charge in [-0.3, -0.25) is 4.79 Å². The molecule has 0 bridgehead atoms. The van der Waals surface area contributed by atoms with E-state index in [0.29, 0.717) is 19.5 Å². The number of aromatic nitrogens is 4. The minimum absolute atomic E-state index is 0.0387. The fourth-order valence-electron chi connectivity index (χ4n) is 2.36. The third kappa shape index (κ3) is 3.95. The maximum atomic E-state index is 12.3. The summed E-state index contributed by atoms with van der Waals surface area (Å²) in [6.07, 6.45) is 2.03. The molecule has 7 heteroatoms. The number of carbonyl (C=O) groups excluding carboxylic acids is 1. The number of nitrogens with one attached hydrogen (secondary N) is 1. The van der Waals surface area contributed by atoms with Crippen LogP contribution in [0.25, 0.3) is 0 Å². The number of nitrogens with zero attached hydrogens (tertiary/aromatic N) is 4. The summed E-state index contributed by atoms with van der Waals surface area (Å²) >= 11 is 0. The van der Waals surface area contributed by atoms with Gasteiger partial charge in [0.2, 0.25) is 0 Å². The van der Waals surface area contributed by atoms with Gasteiger partial charge in [0.1, 0.15) is 5.75 Å². The Morgan fingerprint density at radius 1 is 1.12 bits per heavy atom. The Labute approximate surface area is 138 Å². The predicted molar refractivity (Wildman–Crippen MR) is 87.5 cm³/mol. The second-order valence-electron chi connectivity index (χ2n) is 5.30. The van der Waals surface area contributed by atoms with Crippen molar-refractivity contribution in [1.82, 2.24) is 25.5 Å². The molecule has 0 aliphatic rings. The third-order valence-electron chi connectivity index (χ3n) is 3.55. The standard InChI is InChI=1S/C17H17N5O2/c23-16-7-6-14(10-13-4-2-1-3-5-13)11-15(16)17(24)18-8-9-22-20-12-19-21-22/h1-7,11-12,23H,8-10H2,(H,18,24). The maximum absolute atomic E-state index is 12.3. The molecule has 0 aliphatic carbocycles. The van der Waals surface area contributed by atoms with Gasteiger partial charge in [-0.2, -0.15) is 4.80 Å². The summed E-state index contributed by atoms with van der Waals surface area (Å²) in [5.74, 6) is -0.370. The van der Waals surface area contributed by atoms with E-state index >= 15 is 0 Å². The van der Waals surface area contributed by atoms with Gasteiger partial charge in [0.25, 0.3) is 5.91 Å². The van der Waals surface area contributed by atoms with E-state index in [2.05, 4.69) is 20.7 Å². The van der Waals surface area contributed by atoms with Crippen LogP contribution >= 0.6 is 0 Å². The molecule has 0 spiro atoms. The molecule has 3 aromatic rings. The summed E-state index contributed by atoms with van der Waals surface area (Å²) in [4.78, 5) is 13.6. The molecule has 1 aromatic heterocycles. The van der Waals surface area contributed by atoms with Gasteiger partial charge >= 0.3 is 0 Å². The van der Waals surface area contributed by atoms with Crippen molar-refractivity contribution >= 4 is 5.91 Å². The zero-order valence-corrected chi connectivity index (χ0v) is 13.0. The van der Waals surface area contributed by atoms with Gasteiger partial charge < -0.3 is 10.4 Å². The summed E-state index contributed by atoms with van der Waals surface area (Å²) in [6.45, 7) is 0.758. The minimum Gasteiger partial charge on any atom is -0.507 e. The molecule has 0 atom stereocenters. The molecular formula is C17H17N5O2. The molecule has 1 amide bonds. The maximum Gasteiger partial charge on any atom is 0.255 e. The molecule has 2 aromatic carbocycles. The van der Waals surface area contributed by atoms with Crippen molar-refractivity contribution in [1.29, 1.82) is 0 Å². The molecule has 0 unspecified atom stereocenters. The van der Waals surface area contributed by atoms with Gasteiger partial charge in [-0.15, -0.1) is 10.2 Å². The quantitative estimate of drug-likeness (QED) is 0.715. The number of benzene rings is 2. The van der Waals surface area contributed by atoms with Crippen molar-refractivity contribution in [2.75, 3.05) is 6.54 Å². The fourth-order valence-corrected chi connectivity index (χ4v) is 2.36.